The van der Waals surface area contributed by atoms with Crippen LogP contribution in [0, 0.1) is 35.5 Å². The van der Waals surface area contributed by atoms with Crippen LogP contribution in [0.5, 0.6) is 5.75 Å². The third kappa shape index (κ3) is 1.99. The highest BCUT2D eigenvalue weighted by Gasteiger charge is 2.67. The van der Waals surface area contributed by atoms with E-state index in [2.05, 4.69) is 17.3 Å². The van der Waals surface area contributed by atoms with Crippen molar-refractivity contribution in [2.75, 3.05) is 7.11 Å². The molecule has 2 aromatic rings. The Labute approximate surface area is 162 Å². The maximum absolute atomic E-state index is 13.1. The first-order valence-electron chi connectivity index (χ1n) is 9.85. The van der Waals surface area contributed by atoms with E-state index in [1.165, 1.54) is 0 Å². The van der Waals surface area contributed by atoms with E-state index in [1.807, 2.05) is 36.4 Å². The van der Waals surface area contributed by atoms with Crippen molar-refractivity contribution in [1.29, 1.82) is 0 Å². The number of hydrogen-bond acceptors (Lipinski definition) is 4. The molecular formula is C23H20N2O3. The van der Waals surface area contributed by atoms with Crippen molar-refractivity contribution in [3.05, 3.63) is 54.1 Å². The molecule has 3 fully saturated rings. The van der Waals surface area contributed by atoms with Crippen molar-refractivity contribution in [3.63, 3.8) is 0 Å². The Hall–Kier alpha value is -2.95. The lowest BCUT2D eigenvalue weighted by Crippen LogP contribution is -2.40. The summed E-state index contributed by atoms with van der Waals surface area (Å²) in [6, 6.07) is 11.8. The first kappa shape index (κ1) is 16.0. The van der Waals surface area contributed by atoms with Crippen LogP contribution in [-0.2, 0) is 9.59 Å². The second-order valence-electron chi connectivity index (χ2n) is 8.29. The standard InChI is InChI=1S/C23H20N2O3/c1-28-19-9-6-12-4-2-3-5-13(12)18(19)11-24-25-22(26)20-14-7-8-15(17-10-16(14)17)21(20)23(25)27/h2-9,11,14-17,20-21H,10H2,1H3/b24-11-/t14-,15-,16-,17+,20+,21+/m1/s1. The van der Waals surface area contributed by atoms with Gasteiger partial charge >= 0.3 is 0 Å². The minimum absolute atomic E-state index is 0.143. The highest BCUT2D eigenvalue weighted by atomic mass is 16.5. The van der Waals surface area contributed by atoms with Crippen LogP contribution < -0.4 is 4.74 Å². The van der Waals surface area contributed by atoms with Gasteiger partial charge in [0.25, 0.3) is 11.8 Å². The molecule has 1 aliphatic heterocycles. The van der Waals surface area contributed by atoms with E-state index in [0.29, 0.717) is 17.6 Å². The van der Waals surface area contributed by atoms with Gasteiger partial charge in [0.1, 0.15) is 5.75 Å². The molecule has 0 N–H and O–H groups in total. The molecule has 1 saturated heterocycles. The zero-order chi connectivity index (χ0) is 19.0. The SMILES string of the molecule is COc1ccc2ccccc2c1/C=N\N1C(=O)[C@H]2[C@@H]3C=C[C@H]([C@@H]4C[C@H]34)[C@@H]2C1=O. The van der Waals surface area contributed by atoms with Crippen LogP contribution in [0.15, 0.2) is 53.7 Å². The number of methoxy groups -OCH3 is 1. The van der Waals surface area contributed by atoms with Crippen LogP contribution in [0.1, 0.15) is 12.0 Å². The number of hydrazone groups is 1. The van der Waals surface area contributed by atoms with Crippen molar-refractivity contribution < 1.29 is 14.3 Å². The Balaban J connectivity index is 1.38. The fourth-order valence-corrected chi connectivity index (χ4v) is 5.76. The van der Waals surface area contributed by atoms with E-state index < -0.39 is 0 Å². The van der Waals surface area contributed by atoms with Crippen molar-refractivity contribution in [3.8, 4) is 5.75 Å². The van der Waals surface area contributed by atoms with E-state index in [1.54, 1.807) is 13.3 Å². The first-order chi connectivity index (χ1) is 13.7. The molecule has 1 heterocycles. The van der Waals surface area contributed by atoms with E-state index in [4.69, 9.17) is 4.74 Å². The zero-order valence-electron chi connectivity index (χ0n) is 15.5. The smallest absolute Gasteiger partial charge is 0.254 e. The Morgan fingerprint density at radius 3 is 2.36 bits per heavy atom. The van der Waals surface area contributed by atoms with Crippen molar-refractivity contribution in [1.82, 2.24) is 5.01 Å². The normalized spacial score (nSPS) is 35.0. The quantitative estimate of drug-likeness (QED) is 0.472. The van der Waals surface area contributed by atoms with Gasteiger partial charge in [-0.05, 0) is 46.9 Å². The van der Waals surface area contributed by atoms with Crippen molar-refractivity contribution >= 4 is 28.8 Å². The molecule has 5 nitrogen and oxygen atoms in total. The summed E-state index contributed by atoms with van der Waals surface area (Å²) in [6.07, 6.45) is 7.11. The number of carbonyl (C=O) groups excluding carboxylic acids is 2. The van der Waals surface area contributed by atoms with Crippen molar-refractivity contribution in [2.24, 2.45) is 40.6 Å². The minimum Gasteiger partial charge on any atom is -0.496 e. The lowest BCUT2D eigenvalue weighted by Gasteiger charge is -2.37. The summed E-state index contributed by atoms with van der Waals surface area (Å²) in [5, 5.41) is 7.53. The number of allylic oxidation sites excluding steroid dienone is 2. The van der Waals surface area contributed by atoms with Crippen LogP contribution >= 0.6 is 0 Å². The largest absolute Gasteiger partial charge is 0.496 e. The second kappa shape index (κ2) is 5.53. The van der Waals surface area contributed by atoms with Gasteiger partial charge in [0.2, 0.25) is 0 Å². The molecule has 0 aromatic heterocycles. The summed E-state index contributed by atoms with van der Waals surface area (Å²) in [6.45, 7) is 0. The molecule has 5 heteroatoms. The topological polar surface area (TPSA) is 59.0 Å². The fraction of sp³-hybridized carbons (Fsp3) is 0.348. The van der Waals surface area contributed by atoms with Gasteiger partial charge in [-0.1, -0.05) is 42.5 Å². The van der Waals surface area contributed by atoms with Gasteiger partial charge in [-0.15, -0.1) is 0 Å². The monoisotopic (exact) mass is 372 g/mol. The molecule has 2 aromatic carbocycles. The third-order valence-corrected chi connectivity index (χ3v) is 7.09. The van der Waals surface area contributed by atoms with Gasteiger partial charge in [-0.2, -0.15) is 10.1 Å². The molecular weight excluding hydrogens is 352 g/mol. The summed E-state index contributed by atoms with van der Waals surface area (Å²) in [7, 11) is 1.61. The van der Waals surface area contributed by atoms with Crippen LogP contribution in [0.2, 0.25) is 0 Å². The lowest BCUT2D eigenvalue weighted by atomic mass is 9.63. The van der Waals surface area contributed by atoms with Crippen LogP contribution in [0.25, 0.3) is 10.8 Å². The Kier molecular flexibility index (Phi) is 3.17. The van der Waals surface area contributed by atoms with Gasteiger partial charge in [0, 0.05) is 5.56 Å². The maximum Gasteiger partial charge on any atom is 0.254 e. The molecule has 2 amide bonds. The van der Waals surface area contributed by atoms with Crippen molar-refractivity contribution in [2.45, 2.75) is 6.42 Å². The molecule has 2 saturated carbocycles. The molecule has 0 spiro atoms. The Morgan fingerprint density at radius 2 is 1.68 bits per heavy atom. The summed E-state index contributed by atoms with van der Waals surface area (Å²) in [4.78, 5) is 26.1. The van der Waals surface area contributed by atoms with Crippen LogP contribution in [0.3, 0.4) is 0 Å². The number of benzene rings is 2. The molecule has 6 atom stereocenters. The molecule has 5 aliphatic rings. The summed E-state index contributed by atoms with van der Waals surface area (Å²) in [5.41, 5.74) is 0.778. The van der Waals surface area contributed by atoms with Crippen LogP contribution in [0.4, 0.5) is 0 Å². The molecule has 28 heavy (non-hydrogen) atoms. The summed E-state index contributed by atoms with van der Waals surface area (Å²) >= 11 is 0. The lowest BCUT2D eigenvalue weighted by molar-refractivity contribution is -0.140. The number of ether oxygens (including phenoxy) is 1. The fourth-order valence-electron chi connectivity index (χ4n) is 5.76. The van der Waals surface area contributed by atoms with Gasteiger partial charge in [0.05, 0.1) is 25.2 Å². The summed E-state index contributed by atoms with van der Waals surface area (Å²) in [5.74, 6) is 1.54. The Bertz CT molecular complexity index is 1050. The van der Waals surface area contributed by atoms with E-state index in [0.717, 1.165) is 27.8 Å². The number of nitrogens with zero attached hydrogens (tertiary/aromatic N) is 2. The van der Waals surface area contributed by atoms with Crippen LogP contribution in [-0.4, -0.2) is 30.1 Å². The number of fused-ring (bicyclic) bond motifs is 1. The molecule has 0 radical (unpaired) electrons. The molecule has 2 bridgehead atoms. The van der Waals surface area contributed by atoms with Gasteiger partial charge in [0.15, 0.2) is 0 Å². The predicted octanol–water partition coefficient (Wildman–Crippen LogP) is 3.24. The number of imide groups is 1. The number of carbonyl (C=O) groups is 2. The second-order valence-corrected chi connectivity index (χ2v) is 8.29. The number of amides is 2. The zero-order valence-corrected chi connectivity index (χ0v) is 15.5. The van der Waals surface area contributed by atoms with E-state index >= 15 is 0 Å². The van der Waals surface area contributed by atoms with E-state index in [9.17, 15) is 9.59 Å². The van der Waals surface area contributed by atoms with E-state index in [-0.39, 0.29) is 35.5 Å². The Morgan fingerprint density at radius 1 is 1.00 bits per heavy atom. The highest BCUT2D eigenvalue weighted by molar-refractivity contribution is 6.08. The molecule has 140 valence electrons. The molecule has 7 rings (SSSR count). The predicted molar refractivity (Wildman–Crippen MR) is 105 cm³/mol. The minimum atomic E-state index is -0.224. The van der Waals surface area contributed by atoms with Gasteiger partial charge < -0.3 is 4.74 Å². The molecule has 4 aliphatic carbocycles. The number of rotatable bonds is 3. The van der Waals surface area contributed by atoms with Gasteiger partial charge in [-0.25, -0.2) is 0 Å². The average Bonchev–Trinajstić information content (AvgIpc) is 3.51. The summed E-state index contributed by atoms with van der Waals surface area (Å²) < 4.78 is 5.49. The molecule has 0 unspecified atom stereocenters. The average molecular weight is 372 g/mol. The van der Waals surface area contributed by atoms with Gasteiger partial charge in [-0.3, -0.25) is 9.59 Å². The highest BCUT2D eigenvalue weighted by Crippen LogP contribution is 2.65. The third-order valence-electron chi connectivity index (χ3n) is 7.09. The number of hydrogen-bond donors (Lipinski definition) is 0. The maximum atomic E-state index is 13.1. The first-order valence-corrected chi connectivity index (χ1v) is 9.85.